The quantitative estimate of drug-likeness (QED) is 0.553. The van der Waals surface area contributed by atoms with E-state index in [1.165, 1.54) is 0 Å². The summed E-state index contributed by atoms with van der Waals surface area (Å²) in [7, 11) is -0.877. The third-order valence-electron chi connectivity index (χ3n) is 1.58. The van der Waals surface area contributed by atoms with Gasteiger partial charge < -0.3 is 0 Å². The maximum Gasteiger partial charge on any atom is 0.316 e. The van der Waals surface area contributed by atoms with Crippen molar-refractivity contribution in [2.45, 2.75) is 6.92 Å². The van der Waals surface area contributed by atoms with Crippen molar-refractivity contribution in [3.63, 3.8) is 0 Å². The second-order valence-electron chi connectivity index (χ2n) is 2.57. The molecule has 1 heterocycles. The fourth-order valence-corrected chi connectivity index (χ4v) is 1.43. The lowest BCUT2D eigenvalue weighted by molar-refractivity contribution is -0.135. The number of carbonyl (C=O) groups is 2. The lowest BCUT2D eigenvalue weighted by Crippen LogP contribution is -2.26. The number of hydrogen-bond donors (Lipinski definition) is 2. The highest BCUT2D eigenvalue weighted by molar-refractivity contribution is 7.84. The van der Waals surface area contributed by atoms with Gasteiger partial charge in [0.2, 0.25) is 5.96 Å². The number of hydrogen-bond acceptors (Lipinski definition) is 4. The van der Waals surface area contributed by atoms with E-state index in [0.29, 0.717) is 18.1 Å². The highest BCUT2D eigenvalue weighted by atomic mass is 32.2. The Balaban J connectivity index is 2.36. The van der Waals surface area contributed by atoms with Crippen LogP contribution in [-0.2, 0) is 20.4 Å². The number of nitrogens with one attached hydrogen (secondary N) is 2. The van der Waals surface area contributed by atoms with Gasteiger partial charge in [0.05, 0.1) is 6.54 Å². The van der Waals surface area contributed by atoms with Gasteiger partial charge >= 0.3 is 11.8 Å². The van der Waals surface area contributed by atoms with E-state index in [9.17, 15) is 13.8 Å². The number of rotatable bonds is 4. The van der Waals surface area contributed by atoms with Gasteiger partial charge in [-0.1, -0.05) is 6.92 Å². The smallest absolute Gasteiger partial charge is 0.288 e. The van der Waals surface area contributed by atoms with Crippen LogP contribution in [0.3, 0.4) is 0 Å². The van der Waals surface area contributed by atoms with Crippen LogP contribution in [0.15, 0.2) is 4.99 Å². The van der Waals surface area contributed by atoms with Crippen LogP contribution in [-0.4, -0.2) is 40.0 Å². The van der Waals surface area contributed by atoms with Gasteiger partial charge in [-0.25, -0.2) is 0 Å². The van der Waals surface area contributed by atoms with Crippen LogP contribution in [0.4, 0.5) is 0 Å². The van der Waals surface area contributed by atoms with Crippen molar-refractivity contribution in [3.8, 4) is 0 Å². The van der Waals surface area contributed by atoms with Crippen LogP contribution < -0.4 is 10.6 Å². The molecule has 2 amide bonds. The Morgan fingerprint density at radius 2 is 1.86 bits per heavy atom. The van der Waals surface area contributed by atoms with E-state index in [4.69, 9.17) is 0 Å². The van der Waals surface area contributed by atoms with Crippen molar-refractivity contribution >= 4 is 28.6 Å². The monoisotopic (exact) mass is 217 g/mol. The molecule has 1 rings (SSSR count). The summed E-state index contributed by atoms with van der Waals surface area (Å²) in [5.74, 6) is -0.246. The highest BCUT2D eigenvalue weighted by Crippen LogP contribution is 1.86. The molecule has 0 radical (unpaired) electrons. The summed E-state index contributed by atoms with van der Waals surface area (Å²) >= 11 is 0. The molecule has 1 atom stereocenters. The number of guanidine groups is 1. The van der Waals surface area contributed by atoms with E-state index in [1.807, 2.05) is 6.92 Å². The van der Waals surface area contributed by atoms with E-state index in [0.717, 1.165) is 0 Å². The van der Waals surface area contributed by atoms with Crippen molar-refractivity contribution in [2.75, 3.05) is 18.1 Å². The summed E-state index contributed by atoms with van der Waals surface area (Å²) in [6.07, 6.45) is 0. The van der Waals surface area contributed by atoms with Gasteiger partial charge in [0.15, 0.2) is 0 Å². The Bertz CT molecular complexity index is 295. The van der Waals surface area contributed by atoms with Crippen LogP contribution in [0.5, 0.6) is 0 Å². The molecule has 1 aliphatic heterocycles. The predicted octanol–water partition coefficient (Wildman–Crippen LogP) is -1.64. The number of aliphatic imine (C=N–C) groups is 1. The lowest BCUT2D eigenvalue weighted by atomic mass is 10.6. The van der Waals surface area contributed by atoms with Gasteiger partial charge in [-0.2, -0.15) is 0 Å². The molecule has 6 nitrogen and oxygen atoms in total. The van der Waals surface area contributed by atoms with Gasteiger partial charge in [-0.15, -0.1) is 0 Å². The number of amides is 2. The molecule has 1 aliphatic rings. The molecule has 0 spiro atoms. The van der Waals surface area contributed by atoms with Crippen molar-refractivity contribution < 1.29 is 13.8 Å². The summed E-state index contributed by atoms with van der Waals surface area (Å²) in [5.41, 5.74) is 0. The zero-order chi connectivity index (χ0) is 10.6. The van der Waals surface area contributed by atoms with Crippen LogP contribution >= 0.6 is 0 Å². The Morgan fingerprint density at radius 3 is 2.36 bits per heavy atom. The third-order valence-corrected chi connectivity index (χ3v) is 2.86. The molecule has 1 fully saturated rings. The van der Waals surface area contributed by atoms with E-state index in [-0.39, 0.29) is 5.96 Å². The molecule has 0 aromatic carbocycles. The van der Waals surface area contributed by atoms with E-state index < -0.39 is 22.6 Å². The van der Waals surface area contributed by atoms with Gasteiger partial charge in [-0.3, -0.25) is 29.4 Å². The topological polar surface area (TPSA) is 87.6 Å². The molecule has 0 bridgehead atoms. The highest BCUT2D eigenvalue weighted by Gasteiger charge is 2.24. The molecule has 0 aromatic rings. The summed E-state index contributed by atoms with van der Waals surface area (Å²) in [4.78, 5) is 25.2. The minimum absolute atomic E-state index is 0.146. The zero-order valence-corrected chi connectivity index (χ0v) is 8.52. The first-order valence-corrected chi connectivity index (χ1v) is 5.64. The first-order chi connectivity index (χ1) is 6.63. The lowest BCUT2D eigenvalue weighted by Gasteiger charge is -1.96. The van der Waals surface area contributed by atoms with Crippen molar-refractivity contribution in [1.29, 1.82) is 0 Å². The van der Waals surface area contributed by atoms with Crippen LogP contribution in [0.25, 0.3) is 0 Å². The molecule has 0 saturated carbocycles. The molecule has 1 saturated heterocycles. The van der Waals surface area contributed by atoms with Crippen molar-refractivity contribution in [1.82, 2.24) is 10.6 Å². The summed E-state index contributed by atoms with van der Waals surface area (Å²) in [6.45, 7) is 2.15. The summed E-state index contributed by atoms with van der Waals surface area (Å²) in [6, 6.07) is 0. The average Bonchev–Trinajstić information content (AvgIpc) is 2.46. The minimum atomic E-state index is -0.877. The summed E-state index contributed by atoms with van der Waals surface area (Å²) < 4.78 is 11.0. The fraction of sp³-hybridized carbons (Fsp3) is 0.571. The largest absolute Gasteiger partial charge is 0.316 e. The van der Waals surface area contributed by atoms with E-state index >= 15 is 0 Å². The van der Waals surface area contributed by atoms with Crippen LogP contribution in [0.2, 0.25) is 0 Å². The van der Waals surface area contributed by atoms with Crippen LogP contribution in [0.1, 0.15) is 6.92 Å². The normalized spacial score (nSPS) is 17.6. The Hall–Kier alpha value is -1.24. The first-order valence-electron chi connectivity index (χ1n) is 4.15. The Labute approximate surface area is 83.6 Å². The minimum Gasteiger partial charge on any atom is -0.288 e. The maximum absolute atomic E-state index is 11.0. The van der Waals surface area contributed by atoms with Gasteiger partial charge in [0.25, 0.3) is 0 Å². The van der Waals surface area contributed by atoms with Gasteiger partial charge in [0, 0.05) is 22.3 Å². The maximum atomic E-state index is 11.0. The molecular formula is C7H11N3O3S. The van der Waals surface area contributed by atoms with Crippen molar-refractivity contribution in [3.05, 3.63) is 0 Å². The zero-order valence-electron chi connectivity index (χ0n) is 7.70. The first kappa shape index (κ1) is 10.8. The standard InChI is InChI=1S/C7H11N3O3S/c1-2-14(13)4-3-8-7-9-5(11)6(12)10-7/h2-4H2,1H3,(H2,8,9,10,11,12). The molecule has 0 aromatic heterocycles. The Kier molecular flexibility index (Phi) is 3.75. The van der Waals surface area contributed by atoms with Gasteiger partial charge in [-0.05, 0) is 0 Å². The fourth-order valence-electron chi connectivity index (χ4n) is 0.843. The molecule has 7 heteroatoms. The van der Waals surface area contributed by atoms with Crippen molar-refractivity contribution in [2.24, 2.45) is 4.99 Å². The molecule has 2 N–H and O–H groups in total. The average molecular weight is 217 g/mol. The Morgan fingerprint density at radius 1 is 1.29 bits per heavy atom. The van der Waals surface area contributed by atoms with E-state index in [2.05, 4.69) is 15.6 Å². The second-order valence-corrected chi connectivity index (χ2v) is 4.44. The van der Waals surface area contributed by atoms with Gasteiger partial charge in [0.1, 0.15) is 0 Å². The second kappa shape index (κ2) is 4.85. The molecule has 0 aliphatic carbocycles. The predicted molar refractivity (Wildman–Crippen MR) is 52.1 cm³/mol. The molecule has 1 unspecified atom stereocenters. The molecule has 78 valence electrons. The SMILES string of the molecule is CCS(=O)CCN=C1NC(=O)C(=O)N1. The molecular weight excluding hydrogens is 206 g/mol. The molecule has 14 heavy (non-hydrogen) atoms. The van der Waals surface area contributed by atoms with E-state index in [1.54, 1.807) is 0 Å². The summed E-state index contributed by atoms with van der Waals surface area (Å²) in [5, 5.41) is 4.49. The van der Waals surface area contributed by atoms with Crippen LogP contribution in [0, 0.1) is 0 Å². The number of nitrogens with zero attached hydrogens (tertiary/aromatic N) is 1. The number of carbonyl (C=O) groups excluding carboxylic acids is 2. The third kappa shape index (κ3) is 2.91.